The lowest BCUT2D eigenvalue weighted by Crippen LogP contribution is -2.61. The van der Waals surface area contributed by atoms with Crippen molar-refractivity contribution in [3.8, 4) is 5.75 Å². The zero-order chi connectivity index (χ0) is 54.3. The Hall–Kier alpha value is -7.45. The first-order valence-electron chi connectivity index (χ1n) is 24.1. The molecule has 1 aliphatic rings. The zero-order valence-corrected chi connectivity index (χ0v) is 43.1. The molecule has 4 aromatic rings. The fourth-order valence-corrected chi connectivity index (χ4v) is 8.95. The van der Waals surface area contributed by atoms with Gasteiger partial charge in [0.05, 0.1) is 25.1 Å². The van der Waals surface area contributed by atoms with Crippen molar-refractivity contribution < 1.29 is 53.4 Å². The molecule has 8 unspecified atom stereocenters. The molecule has 26 heteroatoms. The van der Waals surface area contributed by atoms with Gasteiger partial charge in [0, 0.05) is 49.5 Å². The molecule has 5 rings (SSSR count). The van der Waals surface area contributed by atoms with Gasteiger partial charge in [-0.3, -0.25) is 43.2 Å². The number of benzene rings is 2. The molecule has 75 heavy (non-hydrogen) atoms. The van der Waals surface area contributed by atoms with Crippen LogP contribution in [0.4, 0.5) is 0 Å². The monoisotopic (exact) mass is 1080 g/mol. The van der Waals surface area contributed by atoms with Gasteiger partial charge in [-0.15, -0.1) is 0 Å². The minimum absolute atomic E-state index is 0.0279. The van der Waals surface area contributed by atoms with Crippen molar-refractivity contribution in [3.05, 3.63) is 102 Å². The first kappa shape index (κ1) is 58.4. The highest BCUT2D eigenvalue weighted by molar-refractivity contribution is 7.98. The highest BCUT2D eigenvalue weighted by Crippen LogP contribution is 2.14. The number of nitrogens with zero attached hydrogens (tertiary/aromatic N) is 2. The predicted octanol–water partition coefficient (Wildman–Crippen LogP) is -1.28. The van der Waals surface area contributed by atoms with Crippen LogP contribution in [0, 0.1) is 0 Å². The Balaban J connectivity index is 1.35. The van der Waals surface area contributed by atoms with Crippen LogP contribution < -0.4 is 48.3 Å². The number of H-pyrrole nitrogens is 2. The van der Waals surface area contributed by atoms with E-state index in [4.69, 9.17) is 5.73 Å². The van der Waals surface area contributed by atoms with Crippen LogP contribution >= 0.6 is 23.5 Å². The summed E-state index contributed by atoms with van der Waals surface area (Å²) in [4.78, 5) is 136. The molecule has 0 aliphatic carbocycles. The second-order valence-corrected chi connectivity index (χ2v) is 19.7. The molecular weight excluding hydrogens is 1010 g/mol. The number of carboxylic acid groups (broad SMARTS) is 1. The van der Waals surface area contributed by atoms with Gasteiger partial charge in [-0.25, -0.2) is 9.97 Å². The van der Waals surface area contributed by atoms with Crippen molar-refractivity contribution in [1.82, 2.24) is 62.5 Å². The molecule has 1 fully saturated rings. The number of carbonyl (C=O) groups is 9. The number of imidazole rings is 2. The van der Waals surface area contributed by atoms with E-state index >= 15 is 0 Å². The lowest BCUT2D eigenvalue weighted by atomic mass is 10.0. The summed E-state index contributed by atoms with van der Waals surface area (Å²) < 4.78 is 0. The number of carboxylic acids is 1. The summed E-state index contributed by atoms with van der Waals surface area (Å²) in [5, 5.41) is 41.2. The topological polar surface area (TPSA) is 374 Å². The summed E-state index contributed by atoms with van der Waals surface area (Å²) in [5.74, 6) is -7.00. The average Bonchev–Trinajstić information content (AvgIpc) is 4.22. The van der Waals surface area contributed by atoms with E-state index < -0.39 is 108 Å². The van der Waals surface area contributed by atoms with Gasteiger partial charge in [-0.1, -0.05) is 42.5 Å². The third-order valence-corrected chi connectivity index (χ3v) is 13.3. The van der Waals surface area contributed by atoms with Crippen LogP contribution in [-0.4, -0.2) is 162 Å². The molecule has 0 spiro atoms. The van der Waals surface area contributed by atoms with Crippen LogP contribution in [0.5, 0.6) is 5.75 Å². The van der Waals surface area contributed by atoms with Crippen molar-refractivity contribution >= 4 is 76.8 Å². The Kier molecular flexibility index (Phi) is 23.4. The zero-order valence-electron chi connectivity index (χ0n) is 41.5. The number of aromatic hydroxyl groups is 1. The third kappa shape index (κ3) is 19.4. The maximum Gasteiger partial charge on any atom is 0.305 e. The van der Waals surface area contributed by atoms with Crippen molar-refractivity contribution in [1.29, 1.82) is 0 Å². The molecule has 8 amide bonds. The number of aromatic amines is 2. The summed E-state index contributed by atoms with van der Waals surface area (Å²) in [6.07, 6.45) is 9.26. The van der Waals surface area contributed by atoms with Gasteiger partial charge in [0.1, 0.15) is 48.0 Å². The Morgan fingerprint density at radius 1 is 0.600 bits per heavy atom. The molecule has 0 radical (unpaired) electrons. The maximum atomic E-state index is 14.4. The second kappa shape index (κ2) is 30.0. The SMILES string of the molecule is CSCCC(NC(=O)C(CCSC)NC(=O)C(Cc1cnc[nH]1)NC(=O)C(Cc1cnc[nH]1)NC(=O)C(CC(=O)O)NC(=O)C1CCCN1)C(=O)NC(Cc1ccc(O)cc1)C(=O)NC(Cc1ccccc1)C(N)=O. The summed E-state index contributed by atoms with van der Waals surface area (Å²) in [5.41, 5.74) is 7.78. The first-order chi connectivity index (χ1) is 36.0. The lowest BCUT2D eigenvalue weighted by Gasteiger charge is -2.28. The van der Waals surface area contributed by atoms with Crippen molar-refractivity contribution in [2.75, 3.05) is 30.6 Å². The largest absolute Gasteiger partial charge is 0.508 e. The quantitative estimate of drug-likeness (QED) is 0.0279. The van der Waals surface area contributed by atoms with Crippen LogP contribution in [0.25, 0.3) is 0 Å². The molecule has 404 valence electrons. The maximum absolute atomic E-state index is 14.4. The number of amides is 8. The van der Waals surface area contributed by atoms with E-state index in [0.29, 0.717) is 47.8 Å². The van der Waals surface area contributed by atoms with Crippen molar-refractivity contribution in [3.63, 3.8) is 0 Å². The standard InChI is InChI=1S/C49H65N13O11S2/c1-74-17-14-34(44(68)56-35(15-18-75-2)45(69)59-37(20-29-10-12-32(63)13-11-29)46(70)58-36(42(50)66)19-28-7-4-3-5-8-28)57-47(71)38(21-30-24-51-26-54-30)60-48(72)39(22-31-25-52-27-55-31)61-49(73)40(23-41(64)65)62-43(67)33-9-6-16-53-33/h3-5,7-8,10-13,24-27,33-40,53,63H,6,9,14-23H2,1-2H3,(H2,50,66)(H,51,54)(H,52,55)(H,56,68)(H,57,71)(H,58,70)(H,59,69)(H,60,72)(H,61,73)(H,62,67)(H,64,65). The van der Waals surface area contributed by atoms with E-state index in [2.05, 4.69) is 62.5 Å². The van der Waals surface area contributed by atoms with Gasteiger partial charge >= 0.3 is 5.97 Å². The van der Waals surface area contributed by atoms with E-state index in [1.54, 1.807) is 55.0 Å². The van der Waals surface area contributed by atoms with Gasteiger partial charge in [0.25, 0.3) is 0 Å². The van der Waals surface area contributed by atoms with E-state index in [9.17, 15) is 53.4 Å². The smallest absolute Gasteiger partial charge is 0.305 e. The van der Waals surface area contributed by atoms with Crippen molar-refractivity contribution in [2.24, 2.45) is 5.73 Å². The number of rotatable bonds is 31. The Bertz CT molecular complexity index is 2520. The number of aliphatic carboxylic acids is 1. The number of nitrogens with one attached hydrogen (secondary N) is 10. The number of phenolic OH excluding ortho intramolecular Hbond substituents is 1. The summed E-state index contributed by atoms with van der Waals surface area (Å²) in [6.45, 7) is 0.566. The number of hydrogen-bond acceptors (Lipinski definition) is 15. The fourth-order valence-electron chi connectivity index (χ4n) is 8.01. The van der Waals surface area contributed by atoms with Gasteiger partial charge in [-0.2, -0.15) is 23.5 Å². The summed E-state index contributed by atoms with van der Waals surface area (Å²) in [7, 11) is 0. The van der Waals surface area contributed by atoms with E-state index in [0.717, 1.165) is 5.56 Å². The molecule has 8 atom stereocenters. The molecule has 24 nitrogen and oxygen atoms in total. The van der Waals surface area contributed by atoms with Crippen LogP contribution in [-0.2, 0) is 68.8 Å². The van der Waals surface area contributed by atoms with Crippen LogP contribution in [0.3, 0.4) is 0 Å². The Labute approximate surface area is 441 Å². The van der Waals surface area contributed by atoms with Gasteiger partial charge < -0.3 is 68.4 Å². The molecule has 0 bridgehead atoms. The second-order valence-electron chi connectivity index (χ2n) is 17.8. The molecule has 2 aromatic carbocycles. The van der Waals surface area contributed by atoms with Gasteiger partial charge in [0.2, 0.25) is 47.3 Å². The Morgan fingerprint density at radius 3 is 1.48 bits per heavy atom. The van der Waals surface area contributed by atoms with Crippen molar-refractivity contribution in [2.45, 2.75) is 106 Å². The highest BCUT2D eigenvalue weighted by atomic mass is 32.2. The van der Waals surface area contributed by atoms with E-state index in [1.165, 1.54) is 60.7 Å². The number of nitrogens with two attached hydrogens (primary N) is 1. The number of carbonyl (C=O) groups excluding carboxylic acids is 8. The number of thioether (sulfide) groups is 2. The van der Waals surface area contributed by atoms with Crippen LogP contribution in [0.1, 0.15) is 54.6 Å². The van der Waals surface area contributed by atoms with Gasteiger partial charge in [-0.05, 0) is 79.5 Å². The third-order valence-electron chi connectivity index (χ3n) is 12.1. The van der Waals surface area contributed by atoms with Gasteiger partial charge in [0.15, 0.2) is 0 Å². The van der Waals surface area contributed by atoms with Crippen LogP contribution in [0.15, 0.2) is 79.6 Å². The molecule has 14 N–H and O–H groups in total. The van der Waals surface area contributed by atoms with Crippen LogP contribution in [0.2, 0.25) is 0 Å². The summed E-state index contributed by atoms with van der Waals surface area (Å²) >= 11 is 2.77. The number of primary amides is 1. The number of aromatic nitrogens is 4. The normalized spacial score (nSPS) is 15.8. The summed E-state index contributed by atoms with van der Waals surface area (Å²) in [6, 6.07) is 4.78. The van der Waals surface area contributed by atoms with E-state index in [1.807, 2.05) is 0 Å². The molecule has 1 saturated heterocycles. The molecule has 3 heterocycles. The fraction of sp³-hybridized carbons (Fsp3) is 0.449. The molecule has 2 aromatic heterocycles. The molecule has 1 aliphatic heterocycles. The average molecular weight is 1080 g/mol. The first-order valence-corrected chi connectivity index (χ1v) is 26.9. The molecule has 0 saturated carbocycles. The molecular formula is C49H65N13O11S2. The highest BCUT2D eigenvalue weighted by Gasteiger charge is 2.36. The predicted molar refractivity (Wildman–Crippen MR) is 279 cm³/mol. The minimum Gasteiger partial charge on any atom is -0.508 e. The van der Waals surface area contributed by atoms with E-state index in [-0.39, 0.29) is 44.3 Å². The Morgan fingerprint density at radius 2 is 1.04 bits per heavy atom. The number of hydrogen-bond donors (Lipinski definition) is 13. The number of phenols is 1. The minimum atomic E-state index is -1.57. The lowest BCUT2D eigenvalue weighted by molar-refractivity contribution is -0.141.